The minimum Gasteiger partial charge on any atom is -0.486 e. The van der Waals surface area contributed by atoms with E-state index in [-0.39, 0.29) is 0 Å². The Morgan fingerprint density at radius 1 is 0.864 bits per heavy atom. The SMILES string of the molecule is CC.Cc1ccc2c(C)ccnc2c1OCc1ccccc1. The van der Waals surface area contributed by atoms with Gasteiger partial charge in [0.15, 0.2) is 0 Å². The number of ether oxygens (including phenoxy) is 1. The van der Waals surface area contributed by atoms with Gasteiger partial charge in [0.05, 0.1) is 0 Å². The molecule has 3 rings (SSSR count). The number of hydrogen-bond acceptors (Lipinski definition) is 2. The topological polar surface area (TPSA) is 22.1 Å². The van der Waals surface area contributed by atoms with Crippen molar-refractivity contribution < 1.29 is 4.74 Å². The molecule has 0 saturated carbocycles. The molecule has 0 unspecified atom stereocenters. The third-order valence-electron chi connectivity index (χ3n) is 3.51. The molecule has 0 bridgehead atoms. The number of hydrogen-bond donors (Lipinski definition) is 0. The van der Waals surface area contributed by atoms with Gasteiger partial charge in [0.1, 0.15) is 17.9 Å². The van der Waals surface area contributed by atoms with E-state index in [4.69, 9.17) is 4.74 Å². The summed E-state index contributed by atoms with van der Waals surface area (Å²) < 4.78 is 6.03. The van der Waals surface area contributed by atoms with Gasteiger partial charge in [-0.3, -0.25) is 4.98 Å². The maximum absolute atomic E-state index is 6.03. The zero-order valence-corrected chi connectivity index (χ0v) is 13.8. The lowest BCUT2D eigenvalue weighted by Crippen LogP contribution is -1.99. The van der Waals surface area contributed by atoms with Gasteiger partial charge in [0.25, 0.3) is 0 Å². The van der Waals surface area contributed by atoms with Crippen LogP contribution in [0.1, 0.15) is 30.5 Å². The van der Waals surface area contributed by atoms with Crippen molar-refractivity contribution in [2.24, 2.45) is 0 Å². The highest BCUT2D eigenvalue weighted by atomic mass is 16.5. The van der Waals surface area contributed by atoms with Crippen LogP contribution in [0.5, 0.6) is 5.75 Å². The summed E-state index contributed by atoms with van der Waals surface area (Å²) in [6.45, 7) is 8.72. The molecule has 0 aliphatic heterocycles. The maximum atomic E-state index is 6.03. The van der Waals surface area contributed by atoms with Gasteiger partial charge in [0.2, 0.25) is 0 Å². The molecule has 22 heavy (non-hydrogen) atoms. The van der Waals surface area contributed by atoms with Crippen molar-refractivity contribution >= 4 is 10.9 Å². The van der Waals surface area contributed by atoms with Gasteiger partial charge >= 0.3 is 0 Å². The Hall–Kier alpha value is -2.35. The zero-order chi connectivity index (χ0) is 15.9. The van der Waals surface area contributed by atoms with Crippen LogP contribution in [-0.2, 0) is 6.61 Å². The third kappa shape index (κ3) is 3.45. The lowest BCUT2D eigenvalue weighted by Gasteiger charge is -2.12. The van der Waals surface area contributed by atoms with Crippen LogP contribution in [-0.4, -0.2) is 4.98 Å². The first-order chi connectivity index (χ1) is 10.8. The molecule has 0 saturated heterocycles. The average molecular weight is 293 g/mol. The maximum Gasteiger partial charge on any atom is 0.148 e. The van der Waals surface area contributed by atoms with Crippen LogP contribution in [0.3, 0.4) is 0 Å². The standard InChI is InChI=1S/C18H17NO.C2H6/c1-13-10-11-19-17-16(13)9-8-14(2)18(17)20-12-15-6-4-3-5-7-15;1-2/h3-11H,12H2,1-2H3;1-2H3. The Bertz CT molecular complexity index is 735. The monoisotopic (exact) mass is 293 g/mol. The first-order valence-electron chi connectivity index (χ1n) is 7.77. The molecule has 0 radical (unpaired) electrons. The smallest absolute Gasteiger partial charge is 0.148 e. The summed E-state index contributed by atoms with van der Waals surface area (Å²) in [7, 11) is 0. The fraction of sp³-hybridized carbons (Fsp3) is 0.250. The van der Waals surface area contributed by atoms with Crippen LogP contribution in [0.2, 0.25) is 0 Å². The first-order valence-corrected chi connectivity index (χ1v) is 7.77. The lowest BCUT2D eigenvalue weighted by atomic mass is 10.1. The number of nitrogens with zero attached hydrogens (tertiary/aromatic N) is 1. The molecule has 0 N–H and O–H groups in total. The van der Waals surface area contributed by atoms with Crippen molar-refractivity contribution in [1.29, 1.82) is 0 Å². The Morgan fingerprint density at radius 2 is 1.59 bits per heavy atom. The molecular weight excluding hydrogens is 270 g/mol. The fourth-order valence-corrected chi connectivity index (χ4v) is 2.34. The van der Waals surface area contributed by atoms with E-state index in [1.807, 2.05) is 44.3 Å². The predicted octanol–water partition coefficient (Wildman–Crippen LogP) is 5.46. The van der Waals surface area contributed by atoms with Crippen molar-refractivity contribution in [3.8, 4) is 5.75 Å². The highest BCUT2D eigenvalue weighted by Crippen LogP contribution is 2.30. The van der Waals surface area contributed by atoms with Gasteiger partial charge in [-0.25, -0.2) is 0 Å². The molecule has 2 nitrogen and oxygen atoms in total. The lowest BCUT2D eigenvalue weighted by molar-refractivity contribution is 0.307. The normalized spacial score (nSPS) is 10.0. The largest absolute Gasteiger partial charge is 0.486 e. The van der Waals surface area contributed by atoms with Crippen LogP contribution in [0, 0.1) is 13.8 Å². The van der Waals surface area contributed by atoms with Crippen molar-refractivity contribution in [2.75, 3.05) is 0 Å². The average Bonchev–Trinajstić information content (AvgIpc) is 2.57. The number of fused-ring (bicyclic) bond motifs is 1. The Morgan fingerprint density at radius 3 is 2.32 bits per heavy atom. The minimum atomic E-state index is 0.566. The van der Waals surface area contributed by atoms with E-state index >= 15 is 0 Å². The van der Waals surface area contributed by atoms with Gasteiger partial charge in [-0.1, -0.05) is 56.3 Å². The van der Waals surface area contributed by atoms with Crippen LogP contribution >= 0.6 is 0 Å². The predicted molar refractivity (Wildman–Crippen MR) is 93.3 cm³/mol. The first kappa shape index (κ1) is 16.0. The summed E-state index contributed by atoms with van der Waals surface area (Å²) in [5.41, 5.74) is 4.45. The van der Waals surface area contributed by atoms with E-state index in [1.165, 1.54) is 5.56 Å². The van der Waals surface area contributed by atoms with E-state index in [2.05, 4.69) is 43.1 Å². The molecule has 2 heteroatoms. The van der Waals surface area contributed by atoms with E-state index in [0.29, 0.717) is 6.61 Å². The summed E-state index contributed by atoms with van der Waals surface area (Å²) in [6, 6.07) is 16.4. The van der Waals surface area contributed by atoms with Crippen molar-refractivity contribution in [2.45, 2.75) is 34.3 Å². The molecule has 0 spiro atoms. The number of rotatable bonds is 3. The molecule has 114 valence electrons. The van der Waals surface area contributed by atoms with Gasteiger partial charge in [-0.2, -0.15) is 0 Å². The Kier molecular flexibility index (Phi) is 5.54. The molecule has 1 heterocycles. The Balaban J connectivity index is 0.000000847. The second-order valence-electron chi connectivity index (χ2n) is 5.01. The van der Waals surface area contributed by atoms with Crippen molar-refractivity contribution in [3.63, 3.8) is 0 Å². The molecule has 0 aliphatic carbocycles. The number of aryl methyl sites for hydroxylation is 2. The van der Waals surface area contributed by atoms with Crippen LogP contribution in [0.25, 0.3) is 10.9 Å². The van der Waals surface area contributed by atoms with E-state index in [1.54, 1.807) is 0 Å². The van der Waals surface area contributed by atoms with E-state index in [0.717, 1.165) is 27.8 Å². The highest BCUT2D eigenvalue weighted by Gasteiger charge is 2.09. The molecular formula is C20H23NO. The summed E-state index contributed by atoms with van der Waals surface area (Å²) in [5.74, 6) is 0.884. The quantitative estimate of drug-likeness (QED) is 0.640. The second kappa shape index (κ2) is 7.60. The summed E-state index contributed by atoms with van der Waals surface area (Å²) in [6.07, 6.45) is 1.84. The van der Waals surface area contributed by atoms with E-state index < -0.39 is 0 Å². The van der Waals surface area contributed by atoms with E-state index in [9.17, 15) is 0 Å². The second-order valence-corrected chi connectivity index (χ2v) is 5.01. The molecule has 1 aromatic heterocycles. The van der Waals surface area contributed by atoms with Crippen LogP contribution < -0.4 is 4.74 Å². The molecule has 0 amide bonds. The molecule has 0 atom stereocenters. The third-order valence-corrected chi connectivity index (χ3v) is 3.51. The van der Waals surface area contributed by atoms with Gasteiger partial charge in [0, 0.05) is 11.6 Å². The Labute approximate surface area is 132 Å². The van der Waals surface area contributed by atoms with Crippen LogP contribution in [0.15, 0.2) is 54.7 Å². The molecule has 0 fully saturated rings. The van der Waals surface area contributed by atoms with Crippen molar-refractivity contribution in [1.82, 2.24) is 4.98 Å². The van der Waals surface area contributed by atoms with Crippen molar-refractivity contribution in [3.05, 3.63) is 71.4 Å². The number of pyridine rings is 1. The fourth-order valence-electron chi connectivity index (χ4n) is 2.34. The van der Waals surface area contributed by atoms with Crippen LogP contribution in [0.4, 0.5) is 0 Å². The molecule has 2 aromatic carbocycles. The molecule has 3 aromatic rings. The summed E-state index contributed by atoms with van der Waals surface area (Å²) in [4.78, 5) is 4.49. The summed E-state index contributed by atoms with van der Waals surface area (Å²) in [5, 5.41) is 1.15. The number of benzene rings is 2. The highest BCUT2D eigenvalue weighted by molar-refractivity contribution is 5.88. The van der Waals surface area contributed by atoms with Gasteiger partial charge < -0.3 is 4.74 Å². The number of aromatic nitrogens is 1. The summed E-state index contributed by atoms with van der Waals surface area (Å²) >= 11 is 0. The van der Waals surface area contributed by atoms with Gasteiger partial charge in [-0.15, -0.1) is 0 Å². The van der Waals surface area contributed by atoms with Gasteiger partial charge in [-0.05, 0) is 36.6 Å². The minimum absolute atomic E-state index is 0.566. The molecule has 0 aliphatic rings. The zero-order valence-electron chi connectivity index (χ0n) is 13.8.